The molecule has 3 rings (SSSR count). The van der Waals surface area contributed by atoms with Gasteiger partial charge in [0, 0.05) is 19.6 Å². The molecule has 3 fully saturated rings. The van der Waals surface area contributed by atoms with E-state index in [-0.39, 0.29) is 6.61 Å². The Hall–Kier alpha value is -0.120. The Kier molecular flexibility index (Phi) is 4.22. The summed E-state index contributed by atoms with van der Waals surface area (Å²) in [4.78, 5) is 2.66. The predicted molar refractivity (Wildman–Crippen MR) is 71.4 cm³/mol. The van der Waals surface area contributed by atoms with Gasteiger partial charge in [-0.25, -0.2) is 0 Å². The van der Waals surface area contributed by atoms with Gasteiger partial charge in [0.1, 0.15) is 0 Å². The number of ether oxygens (including phenoxy) is 1. The van der Waals surface area contributed by atoms with Crippen LogP contribution in [0.4, 0.5) is 0 Å². The van der Waals surface area contributed by atoms with Crippen LogP contribution in [0.2, 0.25) is 0 Å². The number of nitrogens with zero attached hydrogens (tertiary/aromatic N) is 1. The molecule has 3 heteroatoms. The van der Waals surface area contributed by atoms with E-state index in [1.807, 2.05) is 0 Å². The highest BCUT2D eigenvalue weighted by atomic mass is 16.5. The second-order valence-corrected chi connectivity index (χ2v) is 6.53. The van der Waals surface area contributed by atoms with E-state index < -0.39 is 0 Å². The first-order valence-electron chi connectivity index (χ1n) is 7.80. The normalized spacial score (nSPS) is 37.5. The first-order valence-corrected chi connectivity index (χ1v) is 7.80. The molecule has 0 spiro atoms. The number of aliphatic hydroxyl groups excluding tert-OH is 1. The summed E-state index contributed by atoms with van der Waals surface area (Å²) in [6.45, 7) is 4.41. The van der Waals surface area contributed by atoms with Crippen molar-refractivity contribution in [2.24, 2.45) is 17.8 Å². The number of piperidine rings is 1. The van der Waals surface area contributed by atoms with Gasteiger partial charge in [0.25, 0.3) is 0 Å². The lowest BCUT2D eigenvalue weighted by atomic mass is 9.88. The van der Waals surface area contributed by atoms with Gasteiger partial charge in [-0.1, -0.05) is 6.42 Å². The highest BCUT2D eigenvalue weighted by molar-refractivity contribution is 4.91. The highest BCUT2D eigenvalue weighted by Gasteiger charge is 2.40. The van der Waals surface area contributed by atoms with Gasteiger partial charge in [0.2, 0.25) is 0 Å². The molecule has 0 radical (unpaired) electrons. The monoisotopic (exact) mass is 253 g/mol. The largest absolute Gasteiger partial charge is 0.394 e. The summed E-state index contributed by atoms with van der Waals surface area (Å²) in [5.41, 5.74) is 0. The molecule has 3 unspecified atom stereocenters. The van der Waals surface area contributed by atoms with Crippen LogP contribution in [0.25, 0.3) is 0 Å². The maximum absolute atomic E-state index is 8.76. The molecular weight excluding hydrogens is 226 g/mol. The second kappa shape index (κ2) is 5.89. The van der Waals surface area contributed by atoms with Gasteiger partial charge in [-0.3, -0.25) is 0 Å². The van der Waals surface area contributed by atoms with Crippen molar-refractivity contribution < 1.29 is 9.84 Å². The van der Waals surface area contributed by atoms with Gasteiger partial charge in [-0.15, -0.1) is 0 Å². The van der Waals surface area contributed by atoms with Crippen molar-refractivity contribution in [3.8, 4) is 0 Å². The lowest BCUT2D eigenvalue weighted by Gasteiger charge is -2.35. The van der Waals surface area contributed by atoms with Crippen LogP contribution >= 0.6 is 0 Å². The number of rotatable bonds is 5. The molecule has 2 bridgehead atoms. The van der Waals surface area contributed by atoms with Crippen molar-refractivity contribution in [1.29, 1.82) is 0 Å². The van der Waals surface area contributed by atoms with Crippen LogP contribution in [0.3, 0.4) is 0 Å². The van der Waals surface area contributed by atoms with Crippen molar-refractivity contribution >= 4 is 0 Å². The minimum Gasteiger partial charge on any atom is -0.394 e. The van der Waals surface area contributed by atoms with Gasteiger partial charge < -0.3 is 14.7 Å². The summed E-state index contributed by atoms with van der Waals surface area (Å²) < 4.78 is 5.62. The van der Waals surface area contributed by atoms with E-state index in [4.69, 9.17) is 9.84 Å². The van der Waals surface area contributed by atoms with E-state index in [0.717, 1.165) is 30.6 Å². The first-order chi connectivity index (χ1) is 8.85. The molecule has 1 heterocycles. The van der Waals surface area contributed by atoms with Gasteiger partial charge in [0.05, 0.1) is 19.3 Å². The summed E-state index contributed by atoms with van der Waals surface area (Å²) >= 11 is 0. The van der Waals surface area contributed by atoms with Gasteiger partial charge in [-0.05, 0) is 49.9 Å². The quantitative estimate of drug-likeness (QED) is 0.812. The topological polar surface area (TPSA) is 32.7 Å². The van der Waals surface area contributed by atoms with E-state index in [9.17, 15) is 0 Å². The summed E-state index contributed by atoms with van der Waals surface area (Å²) in [6.07, 6.45) is 8.76. The van der Waals surface area contributed by atoms with E-state index >= 15 is 0 Å². The zero-order valence-corrected chi connectivity index (χ0v) is 11.4. The standard InChI is InChI=1S/C15H27NO2/c17-7-8-18-15-3-5-16(6-4-15)11-14-10-12-1-2-13(14)9-12/h12-15,17H,1-11H2. The molecule has 18 heavy (non-hydrogen) atoms. The fourth-order valence-electron chi connectivity index (χ4n) is 4.41. The second-order valence-electron chi connectivity index (χ2n) is 6.53. The molecule has 0 aromatic rings. The van der Waals surface area contributed by atoms with Crippen molar-refractivity contribution in [3.63, 3.8) is 0 Å². The molecule has 3 aliphatic rings. The van der Waals surface area contributed by atoms with Crippen LogP contribution in [0, 0.1) is 17.8 Å². The summed E-state index contributed by atoms with van der Waals surface area (Å²) in [5.74, 6) is 3.13. The number of fused-ring (bicyclic) bond motifs is 2. The van der Waals surface area contributed by atoms with E-state index in [0.29, 0.717) is 12.7 Å². The Morgan fingerprint density at radius 2 is 1.89 bits per heavy atom. The third kappa shape index (κ3) is 2.89. The molecule has 3 atom stereocenters. The summed E-state index contributed by atoms with van der Waals surface area (Å²) in [6, 6.07) is 0. The van der Waals surface area contributed by atoms with Crippen LogP contribution in [0.15, 0.2) is 0 Å². The number of hydrogen-bond donors (Lipinski definition) is 1. The minimum atomic E-state index is 0.158. The zero-order chi connectivity index (χ0) is 12.4. The summed E-state index contributed by atoms with van der Waals surface area (Å²) in [7, 11) is 0. The van der Waals surface area contributed by atoms with Crippen LogP contribution < -0.4 is 0 Å². The SMILES string of the molecule is OCCOC1CCN(CC2CC3CCC2C3)CC1. The van der Waals surface area contributed by atoms with Gasteiger partial charge >= 0.3 is 0 Å². The van der Waals surface area contributed by atoms with Gasteiger partial charge in [-0.2, -0.15) is 0 Å². The van der Waals surface area contributed by atoms with E-state index in [1.54, 1.807) is 0 Å². The Morgan fingerprint density at radius 1 is 1.06 bits per heavy atom. The third-order valence-electron chi connectivity index (χ3n) is 5.36. The molecule has 0 amide bonds. The number of likely N-dealkylation sites (tertiary alicyclic amines) is 1. The van der Waals surface area contributed by atoms with Crippen molar-refractivity contribution in [3.05, 3.63) is 0 Å². The Morgan fingerprint density at radius 3 is 2.50 bits per heavy atom. The molecule has 2 aliphatic carbocycles. The first kappa shape index (κ1) is 12.9. The van der Waals surface area contributed by atoms with Crippen molar-refractivity contribution in [1.82, 2.24) is 4.90 Å². The summed E-state index contributed by atoms with van der Waals surface area (Å²) in [5, 5.41) is 8.76. The van der Waals surface area contributed by atoms with Crippen LogP contribution in [-0.4, -0.2) is 49.0 Å². The van der Waals surface area contributed by atoms with E-state index in [2.05, 4.69) is 4.90 Å². The Labute approximate surface area is 110 Å². The van der Waals surface area contributed by atoms with Crippen LogP contribution in [0.5, 0.6) is 0 Å². The maximum atomic E-state index is 8.76. The van der Waals surface area contributed by atoms with Crippen molar-refractivity contribution in [2.45, 2.75) is 44.6 Å². The lowest BCUT2D eigenvalue weighted by Crippen LogP contribution is -2.40. The molecule has 0 aromatic carbocycles. The molecule has 104 valence electrons. The van der Waals surface area contributed by atoms with Crippen molar-refractivity contribution in [2.75, 3.05) is 32.8 Å². The van der Waals surface area contributed by atoms with Crippen LogP contribution in [0.1, 0.15) is 38.5 Å². The Balaban J connectivity index is 1.38. The predicted octanol–water partition coefficient (Wildman–Crippen LogP) is 1.90. The zero-order valence-electron chi connectivity index (χ0n) is 11.4. The fraction of sp³-hybridized carbons (Fsp3) is 1.00. The lowest BCUT2D eigenvalue weighted by molar-refractivity contribution is -0.0112. The van der Waals surface area contributed by atoms with Crippen LogP contribution in [-0.2, 0) is 4.74 Å². The molecule has 1 saturated heterocycles. The average molecular weight is 253 g/mol. The number of aliphatic hydroxyl groups is 1. The van der Waals surface area contributed by atoms with Gasteiger partial charge in [0.15, 0.2) is 0 Å². The molecule has 1 N–H and O–H groups in total. The molecular formula is C15H27NO2. The highest BCUT2D eigenvalue weighted by Crippen LogP contribution is 2.48. The number of hydrogen-bond acceptors (Lipinski definition) is 3. The van der Waals surface area contributed by atoms with E-state index in [1.165, 1.54) is 45.3 Å². The average Bonchev–Trinajstić information content (AvgIpc) is 3.00. The molecule has 0 aromatic heterocycles. The third-order valence-corrected chi connectivity index (χ3v) is 5.36. The molecule has 2 saturated carbocycles. The maximum Gasteiger partial charge on any atom is 0.0701 e. The Bertz CT molecular complexity index is 263. The minimum absolute atomic E-state index is 0.158. The smallest absolute Gasteiger partial charge is 0.0701 e. The fourth-order valence-corrected chi connectivity index (χ4v) is 4.41. The molecule has 1 aliphatic heterocycles. The molecule has 3 nitrogen and oxygen atoms in total.